The summed E-state index contributed by atoms with van der Waals surface area (Å²) in [6.07, 6.45) is 1.86. The Morgan fingerprint density at radius 3 is 2.32 bits per heavy atom. The van der Waals surface area contributed by atoms with Crippen molar-refractivity contribution >= 4 is 17.3 Å². The highest BCUT2D eigenvalue weighted by atomic mass is 35.5. The topological polar surface area (TPSA) is 47.8 Å². The lowest BCUT2D eigenvalue weighted by Crippen LogP contribution is -3.00. The maximum absolute atomic E-state index is 5.48. The largest absolute Gasteiger partial charge is 1.00 e. The normalized spacial score (nSPS) is 10.7. The molecule has 0 fully saturated rings. The second-order valence-electron chi connectivity index (χ2n) is 5.16. The molecule has 3 rings (SSSR count). The summed E-state index contributed by atoms with van der Waals surface area (Å²) in [4.78, 5) is 7.83. The molecule has 0 unspecified atom stereocenters. The Hall–Kier alpha value is -2.85. The van der Waals surface area contributed by atoms with Gasteiger partial charge in [-0.05, 0) is 54.4 Å². The Morgan fingerprint density at radius 1 is 0.960 bits per heavy atom. The molecular weight excluding hydrogens is 334 g/mol. The smallest absolute Gasteiger partial charge is 0.323 e. The number of ether oxygens (including phenoxy) is 1. The summed E-state index contributed by atoms with van der Waals surface area (Å²) < 4.78 is 5.48. The third kappa shape index (κ3) is 5.33. The van der Waals surface area contributed by atoms with Crippen LogP contribution in [0, 0.1) is 0 Å². The van der Waals surface area contributed by atoms with Crippen LogP contribution in [0.3, 0.4) is 0 Å². The first-order valence-electron chi connectivity index (χ1n) is 7.96. The number of nitrogens with zero attached hydrogens (tertiary/aromatic N) is 1. The first-order chi connectivity index (χ1) is 11.8. The fourth-order valence-electron chi connectivity index (χ4n) is 2.27. The number of rotatable bonds is 5. The molecule has 0 bridgehead atoms. The van der Waals surface area contributed by atoms with E-state index >= 15 is 0 Å². The van der Waals surface area contributed by atoms with Crippen molar-refractivity contribution in [2.24, 2.45) is 4.99 Å². The Morgan fingerprint density at radius 2 is 1.68 bits per heavy atom. The zero-order valence-corrected chi connectivity index (χ0v) is 14.7. The fourth-order valence-corrected chi connectivity index (χ4v) is 2.27. The highest BCUT2D eigenvalue weighted by Crippen LogP contribution is 2.17. The third-order valence-corrected chi connectivity index (χ3v) is 3.40. The van der Waals surface area contributed by atoms with Crippen LogP contribution in [0.25, 0.3) is 0 Å². The Labute approximate surface area is 154 Å². The van der Waals surface area contributed by atoms with Gasteiger partial charge in [0.15, 0.2) is 0 Å². The van der Waals surface area contributed by atoms with Crippen molar-refractivity contribution in [1.82, 2.24) is 0 Å². The summed E-state index contributed by atoms with van der Waals surface area (Å²) in [7, 11) is 0. The molecule has 0 atom stereocenters. The lowest BCUT2D eigenvalue weighted by molar-refractivity contribution is -0.362. The number of nitrogens with one attached hydrogen (secondary N) is 2. The maximum atomic E-state index is 5.48. The Kier molecular flexibility index (Phi) is 6.99. The number of aliphatic imine (C=N–C) groups is 1. The summed E-state index contributed by atoms with van der Waals surface area (Å²) >= 11 is 0. The van der Waals surface area contributed by atoms with E-state index in [9.17, 15) is 0 Å². The van der Waals surface area contributed by atoms with E-state index in [1.807, 2.05) is 85.9 Å². The summed E-state index contributed by atoms with van der Waals surface area (Å²) in [5.41, 5.74) is 1.97. The molecule has 25 heavy (non-hydrogen) atoms. The quantitative estimate of drug-likeness (QED) is 0.551. The van der Waals surface area contributed by atoms with Gasteiger partial charge in [0.05, 0.1) is 12.8 Å². The number of aromatic amines is 1. The standard InChI is InChI=1S/C20H19N3O.ClH/c1-2-24-18-13-11-17(12-14-18)22-20(16-8-4-3-5-9-16)23-19-10-6-7-15-21-19;/h3-15H,2H2,1H3,(H,21,22,23);1H. The number of H-pyrrole nitrogens is 1. The van der Waals surface area contributed by atoms with Gasteiger partial charge in [0, 0.05) is 17.3 Å². The third-order valence-electron chi connectivity index (χ3n) is 3.40. The SMILES string of the molecule is CCOc1ccc(N/C(=N/c2cccc[nH+]2)c2ccccc2)cc1.[Cl-]. The minimum Gasteiger partial charge on any atom is -1.00 e. The van der Waals surface area contributed by atoms with Crippen LogP contribution in [0.5, 0.6) is 5.75 Å². The molecular formula is C20H20ClN3O. The van der Waals surface area contributed by atoms with E-state index in [4.69, 9.17) is 9.73 Å². The van der Waals surface area contributed by atoms with Crippen LogP contribution in [0.1, 0.15) is 12.5 Å². The average Bonchev–Trinajstić information content (AvgIpc) is 2.65. The van der Waals surface area contributed by atoms with Gasteiger partial charge in [-0.2, -0.15) is 0 Å². The predicted octanol–water partition coefficient (Wildman–Crippen LogP) is 1.09. The lowest BCUT2D eigenvalue weighted by Gasteiger charge is -2.07. The molecule has 0 radical (unpaired) electrons. The molecule has 0 saturated carbocycles. The Balaban J connectivity index is 0.00000225. The van der Waals surface area contributed by atoms with E-state index in [1.54, 1.807) is 0 Å². The number of aromatic nitrogens is 1. The van der Waals surface area contributed by atoms with E-state index in [0.717, 1.165) is 28.7 Å². The molecule has 1 heterocycles. The zero-order valence-electron chi connectivity index (χ0n) is 13.9. The van der Waals surface area contributed by atoms with E-state index in [-0.39, 0.29) is 12.4 Å². The number of hydrogen-bond donors (Lipinski definition) is 1. The number of anilines is 1. The van der Waals surface area contributed by atoms with Crippen LogP contribution in [0.4, 0.5) is 11.5 Å². The maximum Gasteiger partial charge on any atom is 0.323 e. The number of amidine groups is 1. The minimum absolute atomic E-state index is 0. The Bertz CT molecular complexity index is 790. The lowest BCUT2D eigenvalue weighted by atomic mass is 10.2. The molecule has 2 aromatic carbocycles. The minimum atomic E-state index is 0. The second kappa shape index (κ2) is 9.45. The van der Waals surface area contributed by atoms with Crippen molar-refractivity contribution in [1.29, 1.82) is 0 Å². The van der Waals surface area contributed by atoms with Gasteiger partial charge < -0.3 is 22.5 Å². The van der Waals surface area contributed by atoms with E-state index in [0.29, 0.717) is 6.61 Å². The molecule has 0 aliphatic heterocycles. The van der Waals surface area contributed by atoms with Crippen LogP contribution < -0.4 is 27.4 Å². The van der Waals surface area contributed by atoms with Gasteiger partial charge in [0.2, 0.25) is 0 Å². The molecule has 0 spiro atoms. The van der Waals surface area contributed by atoms with Crippen LogP contribution in [0.2, 0.25) is 0 Å². The van der Waals surface area contributed by atoms with E-state index < -0.39 is 0 Å². The van der Waals surface area contributed by atoms with Gasteiger partial charge in [-0.3, -0.25) is 0 Å². The molecule has 2 N–H and O–H groups in total. The van der Waals surface area contributed by atoms with Crippen LogP contribution in [0.15, 0.2) is 84.0 Å². The first-order valence-corrected chi connectivity index (χ1v) is 7.96. The molecule has 4 nitrogen and oxygen atoms in total. The molecule has 1 aromatic heterocycles. The monoisotopic (exact) mass is 353 g/mol. The molecule has 0 saturated heterocycles. The molecule has 0 aliphatic carbocycles. The number of halogens is 1. The van der Waals surface area contributed by atoms with Crippen molar-refractivity contribution in [2.75, 3.05) is 11.9 Å². The van der Waals surface area contributed by atoms with Gasteiger partial charge >= 0.3 is 5.82 Å². The second-order valence-corrected chi connectivity index (χ2v) is 5.16. The summed E-state index contributed by atoms with van der Waals surface area (Å²) in [5, 5.41) is 3.39. The average molecular weight is 354 g/mol. The highest BCUT2D eigenvalue weighted by molar-refractivity contribution is 6.09. The summed E-state index contributed by atoms with van der Waals surface area (Å²) in [6.45, 7) is 2.63. The molecule has 128 valence electrons. The van der Waals surface area contributed by atoms with E-state index in [2.05, 4.69) is 10.3 Å². The highest BCUT2D eigenvalue weighted by Gasteiger charge is 2.11. The number of pyridine rings is 1. The van der Waals surface area contributed by atoms with Crippen molar-refractivity contribution in [3.8, 4) is 5.75 Å². The molecule has 0 aliphatic rings. The molecule has 3 aromatic rings. The van der Waals surface area contributed by atoms with Crippen molar-refractivity contribution < 1.29 is 22.1 Å². The van der Waals surface area contributed by atoms with Gasteiger partial charge in [0.1, 0.15) is 5.75 Å². The van der Waals surface area contributed by atoms with E-state index in [1.165, 1.54) is 0 Å². The zero-order chi connectivity index (χ0) is 16.6. The van der Waals surface area contributed by atoms with Crippen LogP contribution in [-0.2, 0) is 0 Å². The number of hydrogen-bond acceptors (Lipinski definition) is 2. The van der Waals surface area contributed by atoms with Crippen molar-refractivity contribution in [3.05, 3.63) is 84.6 Å². The molecule has 0 amide bonds. The van der Waals surface area contributed by atoms with Gasteiger partial charge in [-0.15, -0.1) is 0 Å². The molecule has 5 heteroatoms. The van der Waals surface area contributed by atoms with Gasteiger partial charge in [0.25, 0.3) is 5.84 Å². The first kappa shape index (κ1) is 18.5. The summed E-state index contributed by atoms with van der Waals surface area (Å²) in [5.74, 6) is 2.43. The van der Waals surface area contributed by atoms with Gasteiger partial charge in [-0.25, -0.2) is 4.98 Å². The van der Waals surface area contributed by atoms with Crippen molar-refractivity contribution in [3.63, 3.8) is 0 Å². The van der Waals surface area contributed by atoms with Crippen molar-refractivity contribution in [2.45, 2.75) is 6.92 Å². The van der Waals surface area contributed by atoms with Crippen LogP contribution >= 0.6 is 0 Å². The van der Waals surface area contributed by atoms with Gasteiger partial charge in [-0.1, -0.05) is 24.3 Å². The predicted molar refractivity (Wildman–Crippen MR) is 96.9 cm³/mol. The fraction of sp³-hybridized carbons (Fsp3) is 0.100. The number of benzene rings is 2. The van der Waals surface area contributed by atoms with Crippen LogP contribution in [-0.4, -0.2) is 12.4 Å². The summed E-state index contributed by atoms with van der Waals surface area (Å²) in [6, 6.07) is 23.7.